The van der Waals surface area contributed by atoms with Gasteiger partial charge in [-0.05, 0) is 38.7 Å². The Bertz CT molecular complexity index is 317. The summed E-state index contributed by atoms with van der Waals surface area (Å²) in [6.45, 7) is 6.53. The normalized spacial score (nSPS) is 10.9. The largest absolute Gasteiger partial charge is 0.238 e. The van der Waals surface area contributed by atoms with Crippen LogP contribution in [0, 0.1) is 6.92 Å². The minimum atomic E-state index is 0.943. The molecule has 108 valence electrons. The van der Waals surface area contributed by atoms with E-state index < -0.39 is 0 Å². The summed E-state index contributed by atoms with van der Waals surface area (Å²) in [4.78, 5) is 9.13. The third-order valence-electron chi connectivity index (χ3n) is 3.52. The lowest BCUT2D eigenvalue weighted by atomic mass is 10.1. The number of hydrogen-bond donors (Lipinski definition) is 0. The van der Waals surface area contributed by atoms with Crippen molar-refractivity contribution in [2.75, 3.05) is 0 Å². The highest BCUT2D eigenvalue weighted by molar-refractivity contribution is 5.11. The lowest BCUT2D eigenvalue weighted by molar-refractivity contribution is 0.647. The summed E-state index contributed by atoms with van der Waals surface area (Å²) >= 11 is 0. The van der Waals surface area contributed by atoms with Crippen LogP contribution in [-0.2, 0) is 12.8 Å². The van der Waals surface area contributed by atoms with Gasteiger partial charge in [0.25, 0.3) is 0 Å². The zero-order valence-electron chi connectivity index (χ0n) is 13.0. The van der Waals surface area contributed by atoms with Crippen molar-refractivity contribution in [1.29, 1.82) is 0 Å². The average Bonchev–Trinajstić information content (AvgIpc) is 2.39. The molecule has 0 N–H and O–H groups in total. The van der Waals surface area contributed by atoms with E-state index in [1.807, 2.05) is 6.92 Å². The molecule has 0 bridgehead atoms. The molecule has 1 rings (SSSR count). The molecular weight excluding hydrogens is 232 g/mol. The molecule has 0 fully saturated rings. The maximum atomic E-state index is 4.56. The van der Waals surface area contributed by atoms with Gasteiger partial charge in [0, 0.05) is 11.4 Å². The maximum absolute atomic E-state index is 4.56. The van der Waals surface area contributed by atoms with E-state index in [1.54, 1.807) is 0 Å². The Labute approximate surface area is 119 Å². The van der Waals surface area contributed by atoms with Gasteiger partial charge >= 0.3 is 0 Å². The fourth-order valence-corrected chi connectivity index (χ4v) is 2.42. The van der Waals surface area contributed by atoms with E-state index in [0.717, 1.165) is 18.7 Å². The number of rotatable bonds is 10. The molecule has 0 atom stereocenters. The third kappa shape index (κ3) is 7.29. The van der Waals surface area contributed by atoms with Crippen molar-refractivity contribution >= 4 is 0 Å². The molecule has 1 heterocycles. The van der Waals surface area contributed by atoms with Crippen molar-refractivity contribution in [3.05, 3.63) is 23.3 Å². The van der Waals surface area contributed by atoms with Crippen molar-refractivity contribution in [3.63, 3.8) is 0 Å². The van der Waals surface area contributed by atoms with Gasteiger partial charge in [0.2, 0.25) is 0 Å². The summed E-state index contributed by atoms with van der Waals surface area (Å²) in [6.07, 6.45) is 12.7. The van der Waals surface area contributed by atoms with E-state index in [-0.39, 0.29) is 0 Å². The molecule has 0 unspecified atom stereocenters. The van der Waals surface area contributed by atoms with Crippen LogP contribution in [-0.4, -0.2) is 9.97 Å². The first-order valence-corrected chi connectivity index (χ1v) is 8.09. The van der Waals surface area contributed by atoms with Crippen LogP contribution in [0.25, 0.3) is 0 Å². The van der Waals surface area contributed by atoms with Gasteiger partial charge in [-0.3, -0.25) is 0 Å². The highest BCUT2D eigenvalue weighted by Crippen LogP contribution is 2.11. The zero-order valence-corrected chi connectivity index (χ0v) is 13.0. The van der Waals surface area contributed by atoms with Gasteiger partial charge in [-0.2, -0.15) is 0 Å². The second kappa shape index (κ2) is 9.94. The molecule has 0 aliphatic carbocycles. The van der Waals surface area contributed by atoms with Crippen LogP contribution in [0.3, 0.4) is 0 Å². The Morgan fingerprint density at radius 1 is 0.737 bits per heavy atom. The van der Waals surface area contributed by atoms with Crippen molar-refractivity contribution in [3.8, 4) is 0 Å². The molecule has 0 saturated heterocycles. The number of hydrogen-bond acceptors (Lipinski definition) is 2. The van der Waals surface area contributed by atoms with E-state index >= 15 is 0 Å². The Morgan fingerprint density at radius 2 is 1.21 bits per heavy atom. The second-order valence-corrected chi connectivity index (χ2v) is 5.52. The van der Waals surface area contributed by atoms with Crippen molar-refractivity contribution in [2.24, 2.45) is 0 Å². The van der Waals surface area contributed by atoms with Gasteiger partial charge in [-0.1, -0.05) is 52.4 Å². The van der Waals surface area contributed by atoms with Crippen LogP contribution >= 0.6 is 0 Å². The molecule has 2 heteroatoms. The molecule has 0 aliphatic rings. The summed E-state index contributed by atoms with van der Waals surface area (Å²) in [5.74, 6) is 0.943. The summed E-state index contributed by atoms with van der Waals surface area (Å²) in [6, 6.07) is 2.23. The van der Waals surface area contributed by atoms with Gasteiger partial charge in [0.05, 0.1) is 0 Å². The molecular formula is C17H30N2. The first-order chi connectivity index (χ1) is 9.26. The molecule has 0 amide bonds. The minimum Gasteiger partial charge on any atom is -0.238 e. The molecule has 0 aromatic carbocycles. The quantitative estimate of drug-likeness (QED) is 0.553. The number of aryl methyl sites for hydroxylation is 3. The van der Waals surface area contributed by atoms with E-state index in [4.69, 9.17) is 0 Å². The van der Waals surface area contributed by atoms with E-state index in [0.29, 0.717) is 0 Å². The maximum Gasteiger partial charge on any atom is 0.125 e. The Hall–Kier alpha value is -0.920. The predicted molar refractivity (Wildman–Crippen MR) is 82.5 cm³/mol. The Kier molecular flexibility index (Phi) is 8.44. The topological polar surface area (TPSA) is 25.8 Å². The van der Waals surface area contributed by atoms with Crippen LogP contribution in [0.5, 0.6) is 0 Å². The molecule has 0 spiro atoms. The molecule has 19 heavy (non-hydrogen) atoms. The van der Waals surface area contributed by atoms with Crippen molar-refractivity contribution in [2.45, 2.75) is 85.0 Å². The van der Waals surface area contributed by atoms with Crippen LogP contribution in [0.2, 0.25) is 0 Å². The molecule has 0 radical (unpaired) electrons. The highest BCUT2D eigenvalue weighted by atomic mass is 14.9. The first kappa shape index (κ1) is 16.1. The van der Waals surface area contributed by atoms with Gasteiger partial charge in [0.15, 0.2) is 0 Å². The summed E-state index contributed by atoms with van der Waals surface area (Å²) in [5, 5.41) is 0. The third-order valence-corrected chi connectivity index (χ3v) is 3.52. The smallest absolute Gasteiger partial charge is 0.125 e. The monoisotopic (exact) mass is 262 g/mol. The average molecular weight is 262 g/mol. The minimum absolute atomic E-state index is 0.943. The molecule has 1 aromatic rings. The van der Waals surface area contributed by atoms with E-state index in [9.17, 15) is 0 Å². The van der Waals surface area contributed by atoms with E-state index in [2.05, 4.69) is 29.9 Å². The van der Waals surface area contributed by atoms with Gasteiger partial charge < -0.3 is 0 Å². The van der Waals surface area contributed by atoms with E-state index in [1.165, 1.54) is 62.8 Å². The standard InChI is InChI=1S/C17H30N2/c1-4-6-8-10-12-16-14-17(19-15(3)18-16)13-11-9-7-5-2/h14H,4-13H2,1-3H3. The van der Waals surface area contributed by atoms with Crippen LogP contribution < -0.4 is 0 Å². The highest BCUT2D eigenvalue weighted by Gasteiger charge is 2.02. The number of unbranched alkanes of at least 4 members (excludes halogenated alkanes) is 6. The van der Waals surface area contributed by atoms with Crippen LogP contribution in [0.1, 0.15) is 82.4 Å². The number of nitrogens with zero attached hydrogens (tertiary/aromatic N) is 2. The lowest BCUT2D eigenvalue weighted by Gasteiger charge is -2.06. The second-order valence-electron chi connectivity index (χ2n) is 5.52. The van der Waals surface area contributed by atoms with Crippen molar-refractivity contribution in [1.82, 2.24) is 9.97 Å². The molecule has 2 nitrogen and oxygen atoms in total. The summed E-state index contributed by atoms with van der Waals surface area (Å²) < 4.78 is 0. The molecule has 1 aromatic heterocycles. The predicted octanol–water partition coefficient (Wildman–Crippen LogP) is 5.03. The first-order valence-electron chi connectivity index (χ1n) is 8.09. The molecule has 0 aliphatic heterocycles. The number of aromatic nitrogens is 2. The SMILES string of the molecule is CCCCCCc1cc(CCCCCC)nc(C)n1. The van der Waals surface area contributed by atoms with Gasteiger partial charge in [-0.15, -0.1) is 0 Å². The molecule has 0 saturated carbocycles. The lowest BCUT2D eigenvalue weighted by Crippen LogP contribution is -2.01. The van der Waals surface area contributed by atoms with Gasteiger partial charge in [0.1, 0.15) is 5.82 Å². The fraction of sp³-hybridized carbons (Fsp3) is 0.765. The summed E-state index contributed by atoms with van der Waals surface area (Å²) in [5.41, 5.74) is 2.49. The summed E-state index contributed by atoms with van der Waals surface area (Å²) in [7, 11) is 0. The van der Waals surface area contributed by atoms with Crippen molar-refractivity contribution < 1.29 is 0 Å². The van der Waals surface area contributed by atoms with Crippen LogP contribution in [0.15, 0.2) is 6.07 Å². The Balaban J connectivity index is 2.41. The van der Waals surface area contributed by atoms with Crippen LogP contribution in [0.4, 0.5) is 0 Å². The van der Waals surface area contributed by atoms with Gasteiger partial charge in [-0.25, -0.2) is 9.97 Å². The zero-order chi connectivity index (χ0) is 13.9. The Morgan fingerprint density at radius 3 is 1.63 bits per heavy atom. The fourth-order valence-electron chi connectivity index (χ4n) is 2.42.